The van der Waals surface area contributed by atoms with E-state index in [0.717, 1.165) is 5.56 Å². The number of fused-ring (bicyclic) bond motifs is 1. The highest BCUT2D eigenvalue weighted by Crippen LogP contribution is 2.37. The Labute approximate surface area is 245 Å². The molecule has 4 rings (SSSR count). The molecule has 218 valence electrons. The zero-order chi connectivity index (χ0) is 29.8. The zero-order valence-electron chi connectivity index (χ0n) is 24.4. The van der Waals surface area contributed by atoms with Crippen LogP contribution < -0.4 is 10.1 Å². The molecule has 4 aromatic heterocycles. The second kappa shape index (κ2) is 12.6. The van der Waals surface area contributed by atoms with Crippen molar-refractivity contribution < 1.29 is 18.7 Å². The third-order valence-corrected chi connectivity index (χ3v) is 11.8. The van der Waals surface area contributed by atoms with E-state index in [0.29, 0.717) is 27.7 Å². The Hall–Kier alpha value is -3.45. The second-order valence-electron chi connectivity index (χ2n) is 11.3. The number of carbonyl (C=O) groups excluding carboxylic acids is 1. The van der Waals surface area contributed by atoms with Crippen molar-refractivity contribution in [3.05, 3.63) is 59.8 Å². The van der Waals surface area contributed by atoms with E-state index >= 15 is 0 Å². The fourth-order valence-corrected chi connectivity index (χ4v) is 5.34. The van der Waals surface area contributed by atoms with E-state index in [-0.39, 0.29) is 30.2 Å². The predicted octanol–water partition coefficient (Wildman–Crippen LogP) is 5.38. The van der Waals surface area contributed by atoms with Gasteiger partial charge in [0.25, 0.3) is 5.91 Å². The Morgan fingerprint density at radius 1 is 1.10 bits per heavy atom. The lowest BCUT2D eigenvalue weighted by Crippen LogP contribution is -2.44. The average molecular weight is 598 g/mol. The monoisotopic (exact) mass is 597 g/mol. The van der Waals surface area contributed by atoms with Crippen molar-refractivity contribution in [2.45, 2.75) is 65.0 Å². The summed E-state index contributed by atoms with van der Waals surface area (Å²) in [6.45, 7) is 15.1. The second-order valence-corrected chi connectivity index (χ2v) is 16.5. The highest BCUT2D eigenvalue weighted by atomic mass is 35.5. The average Bonchev–Trinajstić information content (AvgIpc) is 3.33. The summed E-state index contributed by atoms with van der Waals surface area (Å²) in [5.74, 6) is 0.535. The normalized spacial score (nSPS) is 13.7. The van der Waals surface area contributed by atoms with Crippen molar-refractivity contribution in [3.63, 3.8) is 0 Å². The maximum absolute atomic E-state index is 13.4. The summed E-state index contributed by atoms with van der Waals surface area (Å²) in [6.07, 6.45) is 4.94. The molecule has 0 saturated carbocycles. The molecule has 0 radical (unpaired) electrons. The van der Waals surface area contributed by atoms with Crippen molar-refractivity contribution in [2.24, 2.45) is 0 Å². The van der Waals surface area contributed by atoms with Crippen molar-refractivity contribution in [1.82, 2.24) is 29.7 Å². The van der Waals surface area contributed by atoms with Crippen molar-refractivity contribution in [3.8, 4) is 11.7 Å². The quantitative estimate of drug-likeness (QED) is 0.227. The number of aromatic nitrogens is 6. The number of ether oxygens (including phenoxy) is 2. The summed E-state index contributed by atoms with van der Waals surface area (Å²) in [7, 11) is -1.98. The van der Waals surface area contributed by atoms with Gasteiger partial charge in [0.1, 0.15) is 17.5 Å². The van der Waals surface area contributed by atoms with Crippen LogP contribution in [0.15, 0.2) is 49.2 Å². The molecule has 0 spiro atoms. The number of aryl methyl sites for hydroxylation is 1. The van der Waals surface area contributed by atoms with Gasteiger partial charge in [0.15, 0.2) is 19.8 Å². The molecule has 1 N–H and O–H groups in total. The number of hydrogen-bond donors (Lipinski definition) is 1. The third-order valence-electron chi connectivity index (χ3n) is 6.90. The number of hydrogen-bond acceptors (Lipinski definition) is 9. The van der Waals surface area contributed by atoms with E-state index in [2.05, 4.69) is 64.2 Å². The maximum atomic E-state index is 13.4. The molecule has 1 amide bonds. The van der Waals surface area contributed by atoms with Gasteiger partial charge in [-0.05, 0) is 55.7 Å². The molecule has 0 bridgehead atoms. The third kappa shape index (κ3) is 7.44. The van der Waals surface area contributed by atoms with Crippen LogP contribution in [-0.4, -0.2) is 69.4 Å². The fourth-order valence-electron chi connectivity index (χ4n) is 3.71. The molecular formula is C28H36ClN7O4Si. The van der Waals surface area contributed by atoms with E-state index in [1.807, 2.05) is 19.9 Å². The van der Waals surface area contributed by atoms with Crippen molar-refractivity contribution in [1.29, 1.82) is 0 Å². The van der Waals surface area contributed by atoms with Crippen LogP contribution in [0, 0.1) is 6.92 Å². The number of rotatable bonds is 11. The van der Waals surface area contributed by atoms with Crippen molar-refractivity contribution >= 4 is 42.7 Å². The molecule has 0 aliphatic carbocycles. The van der Waals surface area contributed by atoms with E-state index in [4.69, 9.17) is 25.5 Å². The highest BCUT2D eigenvalue weighted by Gasteiger charge is 2.38. The lowest BCUT2D eigenvalue weighted by atomic mass is 10.2. The van der Waals surface area contributed by atoms with Gasteiger partial charge in [0.2, 0.25) is 12.0 Å². The minimum absolute atomic E-state index is 0.0470. The Bertz CT molecular complexity index is 1490. The van der Waals surface area contributed by atoms with Crippen LogP contribution in [0.3, 0.4) is 0 Å². The highest BCUT2D eigenvalue weighted by molar-refractivity contribution is 6.74. The molecule has 0 aliphatic rings. The molecule has 41 heavy (non-hydrogen) atoms. The summed E-state index contributed by atoms with van der Waals surface area (Å²) in [5, 5.41) is 8.14. The number of amides is 1. The maximum Gasteiger partial charge on any atom is 0.269 e. The van der Waals surface area contributed by atoms with Crippen LogP contribution in [0.2, 0.25) is 23.2 Å². The summed E-state index contributed by atoms with van der Waals surface area (Å²) in [6, 6.07) is 7.03. The first-order valence-corrected chi connectivity index (χ1v) is 16.6. The van der Waals surface area contributed by atoms with Gasteiger partial charge < -0.3 is 19.2 Å². The Balaban J connectivity index is 1.54. The Morgan fingerprint density at radius 2 is 1.88 bits per heavy atom. The first-order chi connectivity index (χ1) is 19.4. The molecule has 0 saturated heterocycles. The van der Waals surface area contributed by atoms with Gasteiger partial charge in [0, 0.05) is 12.4 Å². The number of nitrogens with one attached hydrogen (secondary N) is 1. The first-order valence-electron chi connectivity index (χ1n) is 13.3. The topological polar surface area (TPSA) is 126 Å². The van der Waals surface area contributed by atoms with Gasteiger partial charge in [-0.15, -0.1) is 0 Å². The van der Waals surface area contributed by atoms with E-state index in [1.54, 1.807) is 36.8 Å². The van der Waals surface area contributed by atoms with Gasteiger partial charge in [-0.1, -0.05) is 38.4 Å². The summed E-state index contributed by atoms with van der Waals surface area (Å²) in [4.78, 5) is 30.6. The number of pyridine rings is 2. The number of halogens is 1. The SMILES string of the molecule is Cc1ccc(NC(=O)[C@H](COC[C@H](C)O[Si](C)(C)C(C)(C)C)Oc2ncnc3c2cnn3-c2ncccc2Cl)nc1. The van der Waals surface area contributed by atoms with Crippen LogP contribution in [0.4, 0.5) is 5.82 Å². The van der Waals surface area contributed by atoms with Gasteiger partial charge in [-0.3, -0.25) is 4.79 Å². The molecule has 11 nitrogen and oxygen atoms in total. The first kappa shape index (κ1) is 30.5. The number of carbonyl (C=O) groups is 1. The minimum atomic E-state index is -1.98. The van der Waals surface area contributed by atoms with Gasteiger partial charge >= 0.3 is 0 Å². The lowest BCUT2D eigenvalue weighted by Gasteiger charge is -2.38. The predicted molar refractivity (Wildman–Crippen MR) is 160 cm³/mol. The molecule has 4 heterocycles. The van der Waals surface area contributed by atoms with E-state index < -0.39 is 20.3 Å². The van der Waals surface area contributed by atoms with Gasteiger partial charge in [-0.25, -0.2) is 19.9 Å². The van der Waals surface area contributed by atoms with E-state index in [1.165, 1.54) is 11.0 Å². The summed E-state index contributed by atoms with van der Waals surface area (Å²) >= 11 is 6.33. The summed E-state index contributed by atoms with van der Waals surface area (Å²) in [5.41, 5.74) is 1.40. The van der Waals surface area contributed by atoms with Crippen LogP contribution in [0.5, 0.6) is 5.88 Å². The molecule has 0 unspecified atom stereocenters. The Kier molecular flexibility index (Phi) is 9.37. The molecular weight excluding hydrogens is 562 g/mol. The standard InChI is InChI=1S/C28H36ClN7O4Si/c1-18-10-11-23(31-13-18)35-26(37)22(16-38-15-19(2)40-41(6,7)28(3,4)5)39-27-20-14-34-36(24(20)32-17-33-27)25-21(29)9-8-12-30-25/h8-14,17,19,22H,15-16H2,1-7H3,(H,31,35,37)/t19-,22-/m0/s1. The molecule has 0 aromatic carbocycles. The smallest absolute Gasteiger partial charge is 0.269 e. The largest absolute Gasteiger partial charge is 0.461 e. The molecule has 4 aromatic rings. The molecule has 2 atom stereocenters. The molecule has 13 heteroatoms. The molecule has 0 fully saturated rings. The van der Waals surface area contributed by atoms with Crippen LogP contribution >= 0.6 is 11.6 Å². The van der Waals surface area contributed by atoms with Crippen LogP contribution in [0.25, 0.3) is 16.9 Å². The fraction of sp³-hybridized carbons (Fsp3) is 0.429. The number of nitrogens with zero attached hydrogens (tertiary/aromatic N) is 6. The van der Waals surface area contributed by atoms with Crippen LogP contribution in [-0.2, 0) is 14.0 Å². The zero-order valence-corrected chi connectivity index (χ0v) is 26.1. The van der Waals surface area contributed by atoms with Gasteiger partial charge in [0.05, 0.1) is 30.5 Å². The van der Waals surface area contributed by atoms with Gasteiger partial charge in [-0.2, -0.15) is 9.78 Å². The number of anilines is 1. The minimum Gasteiger partial charge on any atom is -0.461 e. The van der Waals surface area contributed by atoms with Crippen molar-refractivity contribution in [2.75, 3.05) is 18.5 Å². The Morgan fingerprint density at radius 3 is 2.56 bits per heavy atom. The van der Waals surface area contributed by atoms with Crippen LogP contribution in [0.1, 0.15) is 33.3 Å². The molecule has 0 aliphatic heterocycles. The lowest BCUT2D eigenvalue weighted by molar-refractivity contribution is -0.126. The van der Waals surface area contributed by atoms with E-state index in [9.17, 15) is 4.79 Å². The summed E-state index contributed by atoms with van der Waals surface area (Å²) < 4.78 is 20.0.